The van der Waals surface area contributed by atoms with E-state index in [1.54, 1.807) is 12.0 Å². The van der Waals surface area contributed by atoms with Gasteiger partial charge in [-0.25, -0.2) is 14.8 Å². The standard InChI is InChI=1S/C17H27N5O3.HI/c1-4-18-16(19-13-14-7-6-8-15(20-14)24-3)21-9-11-22(12-10-21)17(23)25-5-2;/h6-8H,4-5,9-13H2,1-3H3,(H,18,19);1H. The molecule has 1 aromatic heterocycles. The first-order valence-electron chi connectivity index (χ1n) is 8.62. The van der Waals surface area contributed by atoms with Crippen molar-refractivity contribution in [3.63, 3.8) is 0 Å². The van der Waals surface area contributed by atoms with Crippen LogP contribution in [-0.4, -0.2) is 73.3 Å². The zero-order valence-electron chi connectivity index (χ0n) is 15.6. The van der Waals surface area contributed by atoms with Crippen molar-refractivity contribution >= 4 is 36.0 Å². The molecule has 0 spiro atoms. The Kier molecular flexibility index (Phi) is 10.1. The number of nitrogens with zero attached hydrogens (tertiary/aromatic N) is 4. The molecule has 0 radical (unpaired) electrons. The summed E-state index contributed by atoms with van der Waals surface area (Å²) < 4.78 is 10.2. The highest BCUT2D eigenvalue weighted by Gasteiger charge is 2.23. The molecular weight excluding hydrogens is 449 g/mol. The Morgan fingerprint density at radius 1 is 1.23 bits per heavy atom. The van der Waals surface area contributed by atoms with Crippen LogP contribution < -0.4 is 10.1 Å². The van der Waals surface area contributed by atoms with Crippen molar-refractivity contribution in [1.29, 1.82) is 0 Å². The third-order valence-corrected chi connectivity index (χ3v) is 3.82. The molecule has 2 rings (SSSR count). The van der Waals surface area contributed by atoms with E-state index in [0.29, 0.717) is 32.1 Å². The van der Waals surface area contributed by atoms with E-state index in [9.17, 15) is 4.79 Å². The Morgan fingerprint density at radius 3 is 2.54 bits per heavy atom. The van der Waals surface area contributed by atoms with E-state index in [4.69, 9.17) is 9.47 Å². The fourth-order valence-corrected chi connectivity index (χ4v) is 2.56. The number of methoxy groups -OCH3 is 1. The highest BCUT2D eigenvalue weighted by molar-refractivity contribution is 14.0. The first-order chi connectivity index (χ1) is 12.2. The zero-order chi connectivity index (χ0) is 18.1. The molecule has 0 bridgehead atoms. The molecule has 1 aliphatic heterocycles. The van der Waals surface area contributed by atoms with Crippen LogP contribution in [0.3, 0.4) is 0 Å². The fourth-order valence-electron chi connectivity index (χ4n) is 2.56. The van der Waals surface area contributed by atoms with Gasteiger partial charge in [0.05, 0.1) is 26.0 Å². The number of pyridine rings is 1. The number of hydrogen-bond donors (Lipinski definition) is 1. The summed E-state index contributed by atoms with van der Waals surface area (Å²) in [5.41, 5.74) is 0.847. The first-order valence-corrected chi connectivity index (χ1v) is 8.62. The van der Waals surface area contributed by atoms with Gasteiger partial charge in [0.2, 0.25) is 5.88 Å². The second kappa shape index (κ2) is 11.8. The smallest absolute Gasteiger partial charge is 0.409 e. The van der Waals surface area contributed by atoms with E-state index < -0.39 is 0 Å². The number of carbonyl (C=O) groups is 1. The van der Waals surface area contributed by atoms with Crippen LogP contribution in [0, 0.1) is 0 Å². The second-order valence-electron chi connectivity index (χ2n) is 5.51. The molecule has 1 N–H and O–H groups in total. The van der Waals surface area contributed by atoms with Crippen LogP contribution in [-0.2, 0) is 11.3 Å². The Hall–Kier alpha value is -1.78. The fraction of sp³-hybridized carbons (Fsp3) is 0.588. The summed E-state index contributed by atoms with van der Waals surface area (Å²) in [6.45, 7) is 8.19. The van der Waals surface area contributed by atoms with E-state index in [-0.39, 0.29) is 30.1 Å². The Bertz CT molecular complexity index is 592. The SMILES string of the molecule is CCNC(=NCc1cccc(OC)n1)N1CCN(C(=O)OCC)CC1.I. The summed E-state index contributed by atoms with van der Waals surface area (Å²) in [7, 11) is 1.60. The molecule has 0 aliphatic carbocycles. The number of carbonyl (C=O) groups excluding carboxylic acids is 1. The lowest BCUT2D eigenvalue weighted by molar-refractivity contribution is 0.0914. The van der Waals surface area contributed by atoms with Crippen molar-refractivity contribution in [2.75, 3.05) is 46.4 Å². The summed E-state index contributed by atoms with van der Waals surface area (Å²) in [6.07, 6.45) is -0.246. The van der Waals surface area contributed by atoms with Gasteiger partial charge < -0.3 is 24.6 Å². The van der Waals surface area contributed by atoms with E-state index >= 15 is 0 Å². The van der Waals surface area contributed by atoms with Gasteiger partial charge in [-0.2, -0.15) is 0 Å². The van der Waals surface area contributed by atoms with Crippen molar-refractivity contribution in [3.8, 4) is 5.88 Å². The molecular formula is C17H28IN5O3. The number of amides is 1. The zero-order valence-corrected chi connectivity index (χ0v) is 17.9. The molecule has 1 fully saturated rings. The third kappa shape index (κ3) is 6.50. The minimum Gasteiger partial charge on any atom is -0.481 e. The number of aliphatic imine (C=N–C) groups is 1. The van der Waals surface area contributed by atoms with Gasteiger partial charge in [-0.05, 0) is 19.9 Å². The average molecular weight is 477 g/mol. The molecule has 0 unspecified atom stereocenters. The van der Waals surface area contributed by atoms with E-state index in [2.05, 4.69) is 20.2 Å². The van der Waals surface area contributed by atoms with Crippen LogP contribution in [0.5, 0.6) is 5.88 Å². The molecule has 0 atom stereocenters. The summed E-state index contributed by atoms with van der Waals surface area (Å²) in [6, 6.07) is 5.64. The normalized spacial score (nSPS) is 14.5. The lowest BCUT2D eigenvalue weighted by atomic mass is 10.3. The van der Waals surface area contributed by atoms with Gasteiger partial charge >= 0.3 is 6.09 Å². The number of halogens is 1. The molecule has 1 aliphatic rings. The van der Waals surface area contributed by atoms with Gasteiger partial charge in [0, 0.05) is 38.8 Å². The van der Waals surface area contributed by atoms with Crippen molar-refractivity contribution < 1.29 is 14.3 Å². The van der Waals surface area contributed by atoms with Crippen molar-refractivity contribution in [1.82, 2.24) is 20.1 Å². The summed E-state index contributed by atoms with van der Waals surface area (Å²) in [4.78, 5) is 24.7. The molecule has 1 saturated heterocycles. The Balaban J connectivity index is 0.00000338. The Labute approximate surface area is 172 Å². The van der Waals surface area contributed by atoms with Gasteiger partial charge in [-0.3, -0.25) is 0 Å². The first kappa shape index (κ1) is 22.3. The highest BCUT2D eigenvalue weighted by Crippen LogP contribution is 2.09. The van der Waals surface area contributed by atoms with Crippen molar-refractivity contribution in [3.05, 3.63) is 23.9 Å². The minimum absolute atomic E-state index is 0. The number of guanidine groups is 1. The summed E-state index contributed by atoms with van der Waals surface area (Å²) in [5, 5.41) is 3.30. The van der Waals surface area contributed by atoms with Crippen LogP contribution in [0.4, 0.5) is 4.79 Å². The van der Waals surface area contributed by atoms with Crippen molar-refractivity contribution in [2.24, 2.45) is 4.99 Å². The maximum Gasteiger partial charge on any atom is 0.409 e. The number of aromatic nitrogens is 1. The van der Waals surface area contributed by atoms with Gasteiger partial charge in [0.15, 0.2) is 5.96 Å². The van der Waals surface area contributed by atoms with Gasteiger partial charge in [-0.1, -0.05) is 6.07 Å². The predicted octanol–water partition coefficient (Wildman–Crippen LogP) is 1.95. The molecule has 9 heteroatoms. The van der Waals surface area contributed by atoms with Gasteiger partial charge in [0.1, 0.15) is 0 Å². The van der Waals surface area contributed by atoms with E-state index in [1.807, 2.05) is 32.0 Å². The number of hydrogen-bond acceptors (Lipinski definition) is 5. The molecule has 8 nitrogen and oxygen atoms in total. The molecule has 2 heterocycles. The molecule has 1 aromatic rings. The maximum atomic E-state index is 11.8. The largest absolute Gasteiger partial charge is 0.481 e. The quantitative estimate of drug-likeness (QED) is 0.397. The monoisotopic (exact) mass is 477 g/mol. The molecule has 1 amide bonds. The lowest BCUT2D eigenvalue weighted by Crippen LogP contribution is -2.53. The molecule has 0 saturated carbocycles. The third-order valence-electron chi connectivity index (χ3n) is 3.82. The van der Waals surface area contributed by atoms with Crippen LogP contribution in [0.15, 0.2) is 23.2 Å². The van der Waals surface area contributed by atoms with Gasteiger partial charge in [0.25, 0.3) is 0 Å². The second-order valence-corrected chi connectivity index (χ2v) is 5.51. The van der Waals surface area contributed by atoms with Gasteiger partial charge in [-0.15, -0.1) is 24.0 Å². The molecule has 26 heavy (non-hydrogen) atoms. The lowest BCUT2D eigenvalue weighted by Gasteiger charge is -2.35. The van der Waals surface area contributed by atoms with Crippen molar-refractivity contribution in [2.45, 2.75) is 20.4 Å². The van der Waals surface area contributed by atoms with Crippen LogP contribution in [0.1, 0.15) is 19.5 Å². The summed E-state index contributed by atoms with van der Waals surface area (Å²) >= 11 is 0. The average Bonchev–Trinajstić information content (AvgIpc) is 2.65. The number of nitrogens with one attached hydrogen (secondary N) is 1. The van der Waals surface area contributed by atoms with Crippen LogP contribution >= 0.6 is 24.0 Å². The Morgan fingerprint density at radius 2 is 1.92 bits per heavy atom. The summed E-state index contributed by atoms with van der Waals surface area (Å²) in [5.74, 6) is 1.41. The molecule has 146 valence electrons. The van der Waals surface area contributed by atoms with Crippen LogP contribution in [0.25, 0.3) is 0 Å². The predicted molar refractivity (Wildman–Crippen MR) is 111 cm³/mol. The topological polar surface area (TPSA) is 79.3 Å². The van der Waals surface area contributed by atoms with E-state index in [0.717, 1.165) is 31.3 Å². The maximum absolute atomic E-state index is 11.8. The number of piperazine rings is 1. The van der Waals surface area contributed by atoms with Crippen LogP contribution in [0.2, 0.25) is 0 Å². The highest BCUT2D eigenvalue weighted by atomic mass is 127. The molecule has 0 aromatic carbocycles. The minimum atomic E-state index is -0.246. The number of ether oxygens (including phenoxy) is 2. The number of rotatable bonds is 5. The van der Waals surface area contributed by atoms with E-state index in [1.165, 1.54) is 0 Å².